The molecule has 0 bridgehead atoms. The molecule has 0 N–H and O–H groups in total. The SMILES string of the molecule is O=C(Cc1nc2ncccn2n1)N1CCC[C@@H]1c1noc(C2CC2)n1. The number of hydrogen-bond acceptors (Lipinski definition) is 7. The van der Waals surface area contributed by atoms with Crippen molar-refractivity contribution in [3.63, 3.8) is 0 Å². The second kappa shape index (κ2) is 5.61. The predicted molar refractivity (Wildman–Crippen MR) is 84.4 cm³/mol. The third-order valence-electron chi connectivity index (χ3n) is 4.73. The smallest absolute Gasteiger partial charge is 0.252 e. The summed E-state index contributed by atoms with van der Waals surface area (Å²) in [5.74, 6) is 2.70. The van der Waals surface area contributed by atoms with Gasteiger partial charge in [-0.1, -0.05) is 5.16 Å². The summed E-state index contributed by atoms with van der Waals surface area (Å²) in [6.45, 7) is 0.697. The molecule has 1 aliphatic heterocycles. The van der Waals surface area contributed by atoms with E-state index in [1.54, 1.807) is 23.0 Å². The molecule has 1 saturated heterocycles. The molecule has 0 radical (unpaired) electrons. The van der Waals surface area contributed by atoms with E-state index >= 15 is 0 Å². The van der Waals surface area contributed by atoms with E-state index in [0.29, 0.717) is 35.8 Å². The van der Waals surface area contributed by atoms with Gasteiger partial charge in [0.2, 0.25) is 11.8 Å². The van der Waals surface area contributed by atoms with E-state index in [1.165, 1.54) is 0 Å². The molecule has 2 fully saturated rings. The molecule has 3 aromatic rings. The zero-order valence-corrected chi connectivity index (χ0v) is 13.6. The summed E-state index contributed by atoms with van der Waals surface area (Å²) in [7, 11) is 0. The van der Waals surface area contributed by atoms with Crippen LogP contribution in [0.2, 0.25) is 0 Å². The lowest BCUT2D eigenvalue weighted by Crippen LogP contribution is -2.32. The van der Waals surface area contributed by atoms with Crippen molar-refractivity contribution in [3.8, 4) is 0 Å². The fourth-order valence-electron chi connectivity index (χ4n) is 3.30. The third kappa shape index (κ3) is 2.65. The van der Waals surface area contributed by atoms with E-state index in [2.05, 4.69) is 25.2 Å². The Hall–Kier alpha value is -2.84. The average molecular weight is 339 g/mol. The number of fused-ring (bicyclic) bond motifs is 1. The van der Waals surface area contributed by atoms with Crippen molar-refractivity contribution in [1.82, 2.24) is 34.6 Å². The van der Waals surface area contributed by atoms with Crippen LogP contribution in [0.1, 0.15) is 55.2 Å². The van der Waals surface area contributed by atoms with Crippen LogP contribution in [-0.4, -0.2) is 47.1 Å². The maximum Gasteiger partial charge on any atom is 0.252 e. The average Bonchev–Trinajstić information content (AvgIpc) is 3.04. The Morgan fingerprint density at radius 2 is 2.20 bits per heavy atom. The fraction of sp³-hybridized carbons (Fsp3) is 0.500. The van der Waals surface area contributed by atoms with Crippen molar-refractivity contribution in [2.24, 2.45) is 0 Å². The van der Waals surface area contributed by atoms with Crippen LogP contribution in [0.25, 0.3) is 5.78 Å². The molecule has 0 aromatic carbocycles. The molecule has 9 nitrogen and oxygen atoms in total. The quantitative estimate of drug-likeness (QED) is 0.705. The maximum atomic E-state index is 12.8. The molecule has 1 amide bonds. The zero-order chi connectivity index (χ0) is 16.8. The lowest BCUT2D eigenvalue weighted by atomic mass is 10.2. The highest BCUT2D eigenvalue weighted by Crippen LogP contribution is 2.40. The van der Waals surface area contributed by atoms with Crippen LogP contribution in [0.4, 0.5) is 0 Å². The van der Waals surface area contributed by atoms with Crippen LogP contribution in [0, 0.1) is 0 Å². The first-order valence-electron chi connectivity index (χ1n) is 8.57. The van der Waals surface area contributed by atoms with Crippen molar-refractivity contribution in [3.05, 3.63) is 36.0 Å². The van der Waals surface area contributed by atoms with E-state index in [-0.39, 0.29) is 18.4 Å². The predicted octanol–water partition coefficient (Wildman–Crippen LogP) is 1.29. The van der Waals surface area contributed by atoms with Crippen molar-refractivity contribution in [2.45, 2.75) is 44.1 Å². The Bertz CT molecular complexity index is 896. The van der Waals surface area contributed by atoms with Gasteiger partial charge in [-0.05, 0) is 31.7 Å². The van der Waals surface area contributed by atoms with Crippen LogP contribution in [0.15, 0.2) is 23.0 Å². The highest BCUT2D eigenvalue weighted by atomic mass is 16.5. The van der Waals surface area contributed by atoms with Crippen LogP contribution < -0.4 is 0 Å². The molecule has 0 spiro atoms. The van der Waals surface area contributed by atoms with E-state index < -0.39 is 0 Å². The highest BCUT2D eigenvalue weighted by Gasteiger charge is 2.36. The van der Waals surface area contributed by atoms with Gasteiger partial charge in [0.05, 0.1) is 12.5 Å². The molecule has 9 heteroatoms. The van der Waals surface area contributed by atoms with Gasteiger partial charge >= 0.3 is 0 Å². The first-order chi connectivity index (χ1) is 12.3. The van der Waals surface area contributed by atoms with E-state index in [9.17, 15) is 4.79 Å². The number of hydrogen-bond donors (Lipinski definition) is 0. The molecular formula is C16H17N7O2. The first kappa shape index (κ1) is 14.5. The Kier molecular flexibility index (Phi) is 3.25. The van der Waals surface area contributed by atoms with Gasteiger partial charge < -0.3 is 9.42 Å². The Balaban J connectivity index is 1.34. The van der Waals surface area contributed by atoms with Crippen LogP contribution in [-0.2, 0) is 11.2 Å². The minimum absolute atomic E-state index is 0.0174. The molecule has 25 heavy (non-hydrogen) atoms. The molecule has 5 rings (SSSR count). The highest BCUT2D eigenvalue weighted by molar-refractivity contribution is 5.78. The number of rotatable bonds is 4. The van der Waals surface area contributed by atoms with Crippen molar-refractivity contribution >= 4 is 11.7 Å². The topological polar surface area (TPSA) is 102 Å². The van der Waals surface area contributed by atoms with Gasteiger partial charge in [-0.25, -0.2) is 9.50 Å². The van der Waals surface area contributed by atoms with Crippen molar-refractivity contribution < 1.29 is 9.32 Å². The Morgan fingerprint density at radius 3 is 3.04 bits per heavy atom. The fourth-order valence-corrected chi connectivity index (χ4v) is 3.30. The summed E-state index contributed by atoms with van der Waals surface area (Å²) in [5, 5.41) is 8.41. The van der Waals surface area contributed by atoms with Gasteiger partial charge in [0.1, 0.15) is 0 Å². The molecule has 2 aliphatic rings. The van der Waals surface area contributed by atoms with Gasteiger partial charge in [0.25, 0.3) is 5.78 Å². The number of carbonyl (C=O) groups excluding carboxylic acids is 1. The summed E-state index contributed by atoms with van der Waals surface area (Å²) >= 11 is 0. The lowest BCUT2D eigenvalue weighted by molar-refractivity contribution is -0.131. The van der Waals surface area contributed by atoms with Crippen molar-refractivity contribution in [2.75, 3.05) is 6.54 Å². The number of amides is 1. The second-order valence-corrected chi connectivity index (χ2v) is 6.58. The van der Waals surface area contributed by atoms with Gasteiger partial charge in [-0.3, -0.25) is 4.79 Å². The van der Waals surface area contributed by atoms with E-state index in [4.69, 9.17) is 4.52 Å². The summed E-state index contributed by atoms with van der Waals surface area (Å²) in [6.07, 6.45) is 7.58. The van der Waals surface area contributed by atoms with Crippen LogP contribution in [0.5, 0.6) is 0 Å². The van der Waals surface area contributed by atoms with Gasteiger partial charge in [0.15, 0.2) is 11.6 Å². The molecule has 1 saturated carbocycles. The molecular weight excluding hydrogens is 322 g/mol. The standard InChI is InChI=1S/C16H17N7O2/c24-13(9-12-18-16-17-6-2-8-23(16)20-12)22-7-1-3-11(22)14-19-15(25-21-14)10-4-5-10/h2,6,8,10-11H,1,3-5,7,9H2/t11-/m1/s1. The Morgan fingerprint density at radius 1 is 1.28 bits per heavy atom. The van der Waals surface area contributed by atoms with Crippen LogP contribution >= 0.6 is 0 Å². The molecule has 4 heterocycles. The number of aromatic nitrogens is 6. The normalized spacial score (nSPS) is 20.5. The summed E-state index contributed by atoms with van der Waals surface area (Å²) in [6, 6.07) is 1.66. The minimum Gasteiger partial charge on any atom is -0.339 e. The molecule has 1 atom stereocenters. The van der Waals surface area contributed by atoms with Gasteiger partial charge in [-0.2, -0.15) is 9.97 Å². The number of carbonyl (C=O) groups is 1. The van der Waals surface area contributed by atoms with Crippen LogP contribution in [0.3, 0.4) is 0 Å². The number of likely N-dealkylation sites (tertiary alicyclic amines) is 1. The first-order valence-corrected chi connectivity index (χ1v) is 8.57. The van der Waals surface area contributed by atoms with Gasteiger partial charge in [0, 0.05) is 24.9 Å². The summed E-state index contributed by atoms with van der Waals surface area (Å²) < 4.78 is 6.93. The molecule has 0 unspecified atom stereocenters. The maximum absolute atomic E-state index is 12.8. The summed E-state index contributed by atoms with van der Waals surface area (Å²) in [4.78, 5) is 27.5. The van der Waals surface area contributed by atoms with Crippen molar-refractivity contribution in [1.29, 1.82) is 0 Å². The monoisotopic (exact) mass is 339 g/mol. The number of nitrogens with zero attached hydrogens (tertiary/aromatic N) is 7. The Labute approximate surface area is 143 Å². The summed E-state index contributed by atoms with van der Waals surface area (Å²) in [5.41, 5.74) is 0. The molecule has 128 valence electrons. The molecule has 1 aliphatic carbocycles. The van der Waals surface area contributed by atoms with E-state index in [1.807, 2.05) is 4.90 Å². The lowest BCUT2D eigenvalue weighted by Gasteiger charge is -2.21. The third-order valence-corrected chi connectivity index (χ3v) is 4.73. The van der Waals surface area contributed by atoms with E-state index in [0.717, 1.165) is 25.7 Å². The largest absolute Gasteiger partial charge is 0.339 e. The van der Waals surface area contributed by atoms with Gasteiger partial charge in [-0.15, -0.1) is 5.10 Å². The molecule has 3 aromatic heterocycles. The minimum atomic E-state index is -0.112. The second-order valence-electron chi connectivity index (χ2n) is 6.58. The zero-order valence-electron chi connectivity index (χ0n) is 13.6.